The number of hydrogen-bond donors (Lipinski definition) is 3. The highest BCUT2D eigenvalue weighted by molar-refractivity contribution is 5.66. The lowest BCUT2D eigenvalue weighted by atomic mass is 9.41. The highest BCUT2D eigenvalue weighted by Gasteiger charge is 2.64. The van der Waals surface area contributed by atoms with Crippen molar-refractivity contribution in [3.63, 3.8) is 0 Å². The molecule has 0 aromatic rings. The highest BCUT2D eigenvalue weighted by Crippen LogP contribution is 2.69. The van der Waals surface area contributed by atoms with E-state index in [1.165, 1.54) is 0 Å². The first-order valence-electron chi connectivity index (χ1n) is 13.5. The Labute approximate surface area is 185 Å². The molecule has 0 heterocycles. The Kier molecular flexibility index (Phi) is 5.38. The van der Waals surface area contributed by atoms with Gasteiger partial charge in [-0.05, 0) is 104 Å². The molecule has 4 nitrogen and oxygen atoms in total. The zero-order valence-corrected chi connectivity index (χ0v) is 19.3. The quantitative estimate of drug-likeness (QED) is 0.575. The Bertz CT molecular complexity index is 727. The maximum absolute atomic E-state index is 11.9. The molecule has 4 aliphatic rings. The van der Waals surface area contributed by atoms with Crippen molar-refractivity contribution in [3.8, 4) is 0 Å². The van der Waals surface area contributed by atoms with E-state index in [1.807, 2.05) is 6.92 Å². The van der Waals surface area contributed by atoms with E-state index in [0.717, 1.165) is 38.5 Å². The maximum atomic E-state index is 11.9. The molecule has 0 spiro atoms. The fourth-order valence-electron chi connectivity index (χ4n) is 9.01. The van der Waals surface area contributed by atoms with Gasteiger partial charge in [0.05, 0.1) is 13.6 Å². The third-order valence-electron chi connectivity index (χ3n) is 10.6. The Morgan fingerprint density at radius 1 is 1.10 bits per heavy atom. The van der Waals surface area contributed by atoms with Crippen molar-refractivity contribution in [1.29, 1.82) is 0 Å². The first-order valence-corrected chi connectivity index (χ1v) is 12.4. The van der Waals surface area contributed by atoms with Crippen molar-refractivity contribution < 1.29 is 22.9 Å². The fourth-order valence-corrected chi connectivity index (χ4v) is 9.01. The average molecular weight is 423 g/mol. The lowest BCUT2D eigenvalue weighted by molar-refractivity contribution is -0.203. The molecule has 0 aromatic heterocycles. The first kappa shape index (κ1) is 20.0. The van der Waals surface area contributed by atoms with Crippen molar-refractivity contribution in [1.82, 2.24) is 0 Å². The van der Waals surface area contributed by atoms with Gasteiger partial charge < -0.3 is 15.3 Å². The number of aliphatic hydroxyl groups excluding tert-OH is 1. The summed E-state index contributed by atoms with van der Waals surface area (Å²) in [5, 5.41) is 31.5. The van der Waals surface area contributed by atoms with E-state index in [1.54, 1.807) is 0 Å². The number of aliphatic carboxylic acids is 1. The summed E-state index contributed by atoms with van der Waals surface area (Å²) in [4.78, 5) is 11.2. The molecule has 4 heteroatoms. The molecule has 12 atom stereocenters. The summed E-state index contributed by atoms with van der Waals surface area (Å²) in [6, 6.07) is 0. The zero-order chi connectivity index (χ0) is 23.6. The van der Waals surface area contributed by atoms with E-state index >= 15 is 0 Å². The largest absolute Gasteiger partial charge is 0.481 e. The maximum Gasteiger partial charge on any atom is 0.303 e. The molecule has 30 heavy (non-hydrogen) atoms. The Hall–Kier alpha value is -0.610. The summed E-state index contributed by atoms with van der Waals surface area (Å²) in [5.41, 5.74) is -0.0210. The Morgan fingerprint density at radius 2 is 1.77 bits per heavy atom. The molecule has 4 fully saturated rings. The number of carboxylic acids is 1. The minimum absolute atomic E-state index is 0.0125. The molecule has 4 unspecified atom stereocenters. The number of rotatable bonds is 5. The second kappa shape index (κ2) is 8.06. The standard InChI is InChI=1S/C26H44O4/c1-5-17-21-14-16(27)10-12-26(21,4)20-11-13-25(3)18(15(2)6-9-22(28)29)7-8-19(25)23(20)24(17)30/h15-21,23-24,27,30H,5-14H2,1-4H3,(H,28,29)/t15-,16-,17-,18-,19?,20?,21+,23?,24-,25-,26-/m1/s1/i5D,24D/t5?,15-,16-,17-,18-,19?,20?,21+,23?,24-,25-,26-. The molecular weight excluding hydrogens is 376 g/mol. The molecular formula is C26H44O4. The van der Waals surface area contributed by atoms with Gasteiger partial charge in [0.2, 0.25) is 0 Å². The minimum atomic E-state index is -1.65. The van der Waals surface area contributed by atoms with Crippen molar-refractivity contribution >= 4 is 5.97 Å². The molecule has 0 aromatic carbocycles. The molecule has 4 aliphatic carbocycles. The van der Waals surface area contributed by atoms with Crippen LogP contribution < -0.4 is 0 Å². The van der Waals surface area contributed by atoms with E-state index in [-0.39, 0.29) is 47.0 Å². The van der Waals surface area contributed by atoms with Gasteiger partial charge in [-0.2, -0.15) is 0 Å². The summed E-state index contributed by atoms with van der Waals surface area (Å²) < 4.78 is 18.0. The van der Waals surface area contributed by atoms with Crippen LogP contribution in [0, 0.1) is 52.3 Å². The van der Waals surface area contributed by atoms with Gasteiger partial charge in [0.25, 0.3) is 0 Å². The SMILES string of the molecule is [2H]C(C)[C@@H]1[C@@H]2C[C@H](O)CC[C@]2(C)C2CC[C@@]3(C)C(CC[C@@H]3[C@H](C)CCC(=O)O)C2[C@]1([2H])O. The van der Waals surface area contributed by atoms with Crippen molar-refractivity contribution in [2.75, 3.05) is 0 Å². The van der Waals surface area contributed by atoms with Crippen LogP contribution in [0.3, 0.4) is 0 Å². The van der Waals surface area contributed by atoms with Gasteiger partial charge in [0.1, 0.15) is 0 Å². The number of carbonyl (C=O) groups is 1. The van der Waals surface area contributed by atoms with Crippen LogP contribution in [-0.4, -0.2) is 33.5 Å². The van der Waals surface area contributed by atoms with E-state index in [0.29, 0.717) is 24.7 Å². The number of carboxylic acid groups (broad SMARTS) is 1. The normalized spacial score (nSPS) is 56.0. The van der Waals surface area contributed by atoms with Crippen LogP contribution in [-0.2, 0) is 4.79 Å². The molecule has 0 aliphatic heterocycles. The van der Waals surface area contributed by atoms with Crippen LogP contribution in [0.25, 0.3) is 0 Å². The Balaban J connectivity index is 1.69. The van der Waals surface area contributed by atoms with Crippen molar-refractivity contribution in [2.24, 2.45) is 52.3 Å². The molecule has 0 amide bonds. The molecule has 4 saturated carbocycles. The second-order valence-electron chi connectivity index (χ2n) is 11.7. The van der Waals surface area contributed by atoms with Crippen LogP contribution in [0.4, 0.5) is 0 Å². The van der Waals surface area contributed by atoms with Crippen LogP contribution in [0.5, 0.6) is 0 Å². The van der Waals surface area contributed by atoms with Gasteiger partial charge in [-0.3, -0.25) is 4.79 Å². The molecule has 3 N–H and O–H groups in total. The average Bonchev–Trinajstić information content (AvgIpc) is 3.04. The van der Waals surface area contributed by atoms with E-state index in [2.05, 4.69) is 20.8 Å². The highest BCUT2D eigenvalue weighted by atomic mass is 16.4. The molecule has 172 valence electrons. The smallest absolute Gasteiger partial charge is 0.303 e. The zero-order valence-electron chi connectivity index (χ0n) is 21.3. The molecule has 4 rings (SSSR count). The van der Waals surface area contributed by atoms with Crippen LogP contribution >= 0.6 is 0 Å². The van der Waals surface area contributed by atoms with Gasteiger partial charge in [-0.15, -0.1) is 0 Å². The number of fused-ring (bicyclic) bond motifs is 5. The summed E-state index contributed by atoms with van der Waals surface area (Å²) in [6.45, 7) is 8.68. The van der Waals surface area contributed by atoms with Gasteiger partial charge in [-0.25, -0.2) is 0 Å². The number of hydrogen-bond acceptors (Lipinski definition) is 3. The predicted octanol–water partition coefficient (Wildman–Crippen LogP) is 5.11. The summed E-state index contributed by atoms with van der Waals surface area (Å²) >= 11 is 0. The third kappa shape index (κ3) is 3.36. The lowest BCUT2D eigenvalue weighted by Crippen LogP contribution is -2.62. The van der Waals surface area contributed by atoms with Gasteiger partial charge in [0, 0.05) is 7.79 Å². The molecule has 0 bridgehead atoms. The van der Waals surface area contributed by atoms with Crippen molar-refractivity contribution in [3.05, 3.63) is 0 Å². The summed E-state index contributed by atoms with van der Waals surface area (Å²) in [6.07, 6.45) is 4.69. The van der Waals surface area contributed by atoms with E-state index < -0.39 is 24.4 Å². The number of aliphatic hydroxyl groups is 2. The third-order valence-corrected chi connectivity index (χ3v) is 10.6. The van der Waals surface area contributed by atoms with E-state index in [4.69, 9.17) is 6.48 Å². The molecule has 0 saturated heterocycles. The Morgan fingerprint density at radius 3 is 2.43 bits per heavy atom. The minimum Gasteiger partial charge on any atom is -0.481 e. The lowest BCUT2D eigenvalue weighted by Gasteiger charge is -2.64. The van der Waals surface area contributed by atoms with E-state index in [9.17, 15) is 16.4 Å². The summed E-state index contributed by atoms with van der Waals surface area (Å²) in [5.74, 6) is -0.0806. The van der Waals surface area contributed by atoms with Crippen LogP contribution in [0.2, 0.25) is 0 Å². The van der Waals surface area contributed by atoms with Crippen molar-refractivity contribution in [2.45, 2.75) is 104 Å². The monoisotopic (exact) mass is 422 g/mol. The molecule has 0 radical (unpaired) electrons. The first-order chi connectivity index (χ1) is 14.8. The van der Waals surface area contributed by atoms with Crippen LogP contribution in [0.15, 0.2) is 0 Å². The van der Waals surface area contributed by atoms with Gasteiger partial charge in [0.15, 0.2) is 0 Å². The van der Waals surface area contributed by atoms with Crippen LogP contribution in [0.1, 0.15) is 94.6 Å². The van der Waals surface area contributed by atoms with Gasteiger partial charge >= 0.3 is 5.97 Å². The second-order valence-corrected chi connectivity index (χ2v) is 11.7. The fraction of sp³-hybridized carbons (Fsp3) is 0.962. The topological polar surface area (TPSA) is 77.8 Å². The summed E-state index contributed by atoms with van der Waals surface area (Å²) in [7, 11) is 0. The van der Waals surface area contributed by atoms with Gasteiger partial charge in [-0.1, -0.05) is 34.1 Å². The predicted molar refractivity (Wildman–Crippen MR) is 118 cm³/mol.